The number of amides is 3. The third-order valence-electron chi connectivity index (χ3n) is 2.93. The van der Waals surface area contributed by atoms with E-state index in [1.807, 2.05) is 0 Å². The molecule has 7 heteroatoms. The van der Waals surface area contributed by atoms with Gasteiger partial charge in [0.2, 0.25) is 5.91 Å². The Labute approximate surface area is 106 Å². The number of nitrogens with zero attached hydrogens (tertiary/aromatic N) is 3. The van der Waals surface area contributed by atoms with Gasteiger partial charge in [-0.3, -0.25) is 9.59 Å². The lowest BCUT2D eigenvalue weighted by atomic mass is 10.4. The van der Waals surface area contributed by atoms with Crippen LogP contribution in [0, 0.1) is 0 Å². The number of carbonyl (C=O) groups is 3. The number of likely N-dealkylation sites (N-methyl/N-ethyl adjacent to an activating group) is 1. The Bertz CT molecular complexity index is 345. The van der Waals surface area contributed by atoms with E-state index in [9.17, 15) is 14.4 Å². The summed E-state index contributed by atoms with van der Waals surface area (Å²) in [5.74, 6) is -1.03. The number of urea groups is 1. The minimum absolute atomic E-state index is 0.0622. The van der Waals surface area contributed by atoms with E-state index in [1.54, 1.807) is 19.0 Å². The normalized spacial score (nSPS) is 16.4. The second-order valence-corrected chi connectivity index (χ2v) is 4.44. The first-order chi connectivity index (χ1) is 8.41. The predicted octanol–water partition coefficient (Wildman–Crippen LogP) is -0.323. The first-order valence-corrected chi connectivity index (χ1v) is 5.87. The molecule has 0 aromatic carbocycles. The van der Waals surface area contributed by atoms with Gasteiger partial charge in [0.25, 0.3) is 0 Å². The maximum Gasteiger partial charge on any atom is 0.320 e. The highest BCUT2D eigenvalue weighted by molar-refractivity contribution is 5.84. The number of aliphatic carboxylic acids is 1. The summed E-state index contributed by atoms with van der Waals surface area (Å²) in [6.07, 6.45) is 0.644. The van der Waals surface area contributed by atoms with E-state index in [0.29, 0.717) is 13.1 Å². The lowest BCUT2D eigenvalue weighted by Gasteiger charge is -2.26. The minimum atomic E-state index is -0.943. The van der Waals surface area contributed by atoms with Crippen LogP contribution in [0.2, 0.25) is 0 Å². The fourth-order valence-electron chi connectivity index (χ4n) is 1.75. The Hall–Kier alpha value is -1.79. The molecule has 0 unspecified atom stereocenters. The van der Waals surface area contributed by atoms with Gasteiger partial charge in [-0.05, 0) is 6.42 Å². The van der Waals surface area contributed by atoms with E-state index in [4.69, 9.17) is 5.11 Å². The molecule has 1 aliphatic heterocycles. The van der Waals surface area contributed by atoms with Crippen molar-refractivity contribution in [1.82, 2.24) is 14.7 Å². The van der Waals surface area contributed by atoms with Gasteiger partial charge in [0.15, 0.2) is 0 Å². The molecule has 0 bridgehead atoms. The molecule has 1 aliphatic rings. The molecule has 1 N–H and O–H groups in total. The summed E-state index contributed by atoms with van der Waals surface area (Å²) in [6, 6.07) is -0.292. The van der Waals surface area contributed by atoms with Crippen molar-refractivity contribution in [3.63, 3.8) is 0 Å². The van der Waals surface area contributed by atoms with Crippen molar-refractivity contribution in [1.29, 1.82) is 0 Å². The van der Waals surface area contributed by atoms with Crippen LogP contribution in [0.15, 0.2) is 0 Å². The second kappa shape index (κ2) is 6.23. The topological polar surface area (TPSA) is 81.2 Å². The van der Waals surface area contributed by atoms with Crippen molar-refractivity contribution in [3.8, 4) is 0 Å². The highest BCUT2D eigenvalue weighted by atomic mass is 16.4. The first kappa shape index (κ1) is 14.3. The van der Waals surface area contributed by atoms with Gasteiger partial charge in [0, 0.05) is 33.7 Å². The molecule has 0 aromatic heterocycles. The lowest BCUT2D eigenvalue weighted by molar-refractivity contribution is -0.137. The molecule has 1 heterocycles. The summed E-state index contributed by atoms with van der Waals surface area (Å²) in [5.41, 5.74) is 0. The van der Waals surface area contributed by atoms with Crippen molar-refractivity contribution in [3.05, 3.63) is 0 Å². The fourth-order valence-corrected chi connectivity index (χ4v) is 1.75. The van der Waals surface area contributed by atoms with Crippen LogP contribution < -0.4 is 0 Å². The second-order valence-electron chi connectivity index (χ2n) is 4.44. The molecule has 0 aliphatic carbocycles. The number of carboxylic acid groups (broad SMARTS) is 1. The van der Waals surface area contributed by atoms with Crippen LogP contribution in [0.3, 0.4) is 0 Å². The third-order valence-corrected chi connectivity index (χ3v) is 2.93. The zero-order valence-electron chi connectivity index (χ0n) is 10.8. The first-order valence-electron chi connectivity index (χ1n) is 5.87. The van der Waals surface area contributed by atoms with E-state index < -0.39 is 5.97 Å². The molecule has 102 valence electrons. The zero-order valence-corrected chi connectivity index (χ0v) is 10.8. The smallest absolute Gasteiger partial charge is 0.320 e. The fraction of sp³-hybridized carbons (Fsp3) is 0.727. The Kier molecular flexibility index (Phi) is 4.94. The molecule has 1 saturated heterocycles. The summed E-state index contributed by atoms with van der Waals surface area (Å²) in [6.45, 7) is 1.37. The van der Waals surface area contributed by atoms with Gasteiger partial charge in [-0.15, -0.1) is 0 Å². The monoisotopic (exact) mass is 257 g/mol. The van der Waals surface area contributed by atoms with E-state index in [2.05, 4.69) is 0 Å². The number of carbonyl (C=O) groups excluding carboxylic acids is 2. The average molecular weight is 257 g/mol. The molecular formula is C11H19N3O4. The van der Waals surface area contributed by atoms with E-state index in [-0.39, 0.29) is 31.4 Å². The zero-order chi connectivity index (χ0) is 13.7. The van der Waals surface area contributed by atoms with Crippen LogP contribution in [-0.2, 0) is 9.59 Å². The SMILES string of the molecule is CN1CCCN(C(=O)N(C)CCC(=O)O)CC1=O. The summed E-state index contributed by atoms with van der Waals surface area (Å²) >= 11 is 0. The molecule has 7 nitrogen and oxygen atoms in total. The van der Waals surface area contributed by atoms with E-state index >= 15 is 0 Å². The standard InChI is InChI=1S/C11H19N3O4/c1-12-5-3-6-14(8-9(12)15)11(18)13(2)7-4-10(16)17/h3-8H2,1-2H3,(H,16,17). The third kappa shape index (κ3) is 3.90. The molecule has 0 spiro atoms. The summed E-state index contributed by atoms with van der Waals surface area (Å²) in [5, 5.41) is 8.56. The highest BCUT2D eigenvalue weighted by Gasteiger charge is 2.24. The van der Waals surface area contributed by atoms with Crippen LogP contribution in [0.5, 0.6) is 0 Å². The van der Waals surface area contributed by atoms with Crippen molar-refractivity contribution in [2.24, 2.45) is 0 Å². The van der Waals surface area contributed by atoms with Gasteiger partial charge in [-0.25, -0.2) is 4.79 Å². The molecule has 1 rings (SSSR count). The number of hydrogen-bond donors (Lipinski definition) is 1. The van der Waals surface area contributed by atoms with Crippen LogP contribution in [0.4, 0.5) is 4.79 Å². The largest absolute Gasteiger partial charge is 0.481 e. The van der Waals surface area contributed by atoms with Gasteiger partial charge in [0.05, 0.1) is 6.42 Å². The van der Waals surface area contributed by atoms with Gasteiger partial charge < -0.3 is 19.8 Å². The van der Waals surface area contributed by atoms with E-state index in [0.717, 1.165) is 6.42 Å². The minimum Gasteiger partial charge on any atom is -0.481 e. The van der Waals surface area contributed by atoms with Gasteiger partial charge in [-0.1, -0.05) is 0 Å². The average Bonchev–Trinajstić information content (AvgIpc) is 2.48. The predicted molar refractivity (Wildman–Crippen MR) is 64.1 cm³/mol. The van der Waals surface area contributed by atoms with Crippen molar-refractivity contribution in [2.75, 3.05) is 40.3 Å². The van der Waals surface area contributed by atoms with Crippen LogP contribution in [0.25, 0.3) is 0 Å². The quantitative estimate of drug-likeness (QED) is 0.751. The highest BCUT2D eigenvalue weighted by Crippen LogP contribution is 2.06. The molecule has 18 heavy (non-hydrogen) atoms. The summed E-state index contributed by atoms with van der Waals surface area (Å²) in [7, 11) is 3.26. The number of rotatable bonds is 3. The Balaban J connectivity index is 2.54. The van der Waals surface area contributed by atoms with Gasteiger partial charge >= 0.3 is 12.0 Å². The van der Waals surface area contributed by atoms with E-state index in [1.165, 1.54) is 9.80 Å². The maximum absolute atomic E-state index is 12.0. The lowest BCUT2D eigenvalue weighted by Crippen LogP contribution is -2.45. The van der Waals surface area contributed by atoms with Crippen LogP contribution in [0.1, 0.15) is 12.8 Å². The molecule has 0 saturated carbocycles. The molecule has 1 fully saturated rings. The van der Waals surface area contributed by atoms with Gasteiger partial charge in [0.1, 0.15) is 6.54 Å². The molecule has 0 aromatic rings. The van der Waals surface area contributed by atoms with Crippen LogP contribution >= 0.6 is 0 Å². The molecule has 0 radical (unpaired) electrons. The Morgan fingerprint density at radius 2 is 2.06 bits per heavy atom. The number of carboxylic acids is 1. The van der Waals surface area contributed by atoms with Crippen molar-refractivity contribution >= 4 is 17.9 Å². The van der Waals surface area contributed by atoms with Crippen molar-refractivity contribution < 1.29 is 19.5 Å². The van der Waals surface area contributed by atoms with Gasteiger partial charge in [-0.2, -0.15) is 0 Å². The van der Waals surface area contributed by atoms with Crippen LogP contribution in [-0.4, -0.2) is 78.0 Å². The summed E-state index contributed by atoms with van der Waals surface area (Å²) < 4.78 is 0. The number of hydrogen-bond acceptors (Lipinski definition) is 3. The Morgan fingerprint density at radius 1 is 1.39 bits per heavy atom. The Morgan fingerprint density at radius 3 is 2.67 bits per heavy atom. The molecular weight excluding hydrogens is 238 g/mol. The molecule has 3 amide bonds. The summed E-state index contributed by atoms with van der Waals surface area (Å²) in [4.78, 5) is 38.5. The molecule has 0 atom stereocenters. The van der Waals surface area contributed by atoms with Crippen molar-refractivity contribution in [2.45, 2.75) is 12.8 Å². The maximum atomic E-state index is 12.0.